The number of benzene rings is 1. The number of carboxylic acids is 1. The number of carbonyl (C=O) groups excluding carboxylic acids is 1. The van der Waals surface area contributed by atoms with E-state index in [1.165, 1.54) is 0 Å². The van der Waals surface area contributed by atoms with E-state index in [2.05, 4.69) is 6.58 Å². The molecular weight excluding hydrogens is 268 g/mol. The van der Waals surface area contributed by atoms with Crippen LogP contribution in [-0.2, 0) is 4.79 Å². The number of para-hydroxylation sites is 1. The number of rotatable bonds is 4. The van der Waals surface area contributed by atoms with Crippen molar-refractivity contribution >= 4 is 17.7 Å². The quantitative estimate of drug-likeness (QED) is 0.866. The molecule has 0 saturated heterocycles. The summed E-state index contributed by atoms with van der Waals surface area (Å²) in [5.41, 5.74) is 1.38. The van der Waals surface area contributed by atoms with Gasteiger partial charge in [-0.2, -0.15) is 0 Å². The number of aliphatic carboxylic acids is 1. The normalized spacial score (nSPS) is 16.7. The zero-order valence-corrected chi connectivity index (χ0v) is 12.3. The second-order valence-corrected chi connectivity index (χ2v) is 5.38. The predicted octanol–water partition coefficient (Wildman–Crippen LogP) is 2.69. The third-order valence-electron chi connectivity index (χ3n) is 3.69. The maximum absolute atomic E-state index is 12.7. The van der Waals surface area contributed by atoms with Crippen molar-refractivity contribution in [3.63, 3.8) is 0 Å². The first-order chi connectivity index (χ1) is 9.97. The highest BCUT2D eigenvalue weighted by Gasteiger charge is 2.38. The van der Waals surface area contributed by atoms with E-state index in [4.69, 9.17) is 0 Å². The van der Waals surface area contributed by atoms with Crippen LogP contribution in [0.3, 0.4) is 0 Å². The van der Waals surface area contributed by atoms with Crippen LogP contribution in [0.25, 0.3) is 0 Å². The van der Waals surface area contributed by atoms with E-state index in [1.54, 1.807) is 34.1 Å². The van der Waals surface area contributed by atoms with Gasteiger partial charge in [0.15, 0.2) is 0 Å². The molecule has 1 aliphatic heterocycles. The smallest absolute Gasteiger partial charge is 0.325 e. The first-order valence-electron chi connectivity index (χ1n) is 6.98. The van der Waals surface area contributed by atoms with Gasteiger partial charge in [0.1, 0.15) is 5.92 Å². The monoisotopic (exact) mass is 288 g/mol. The first-order valence-corrected chi connectivity index (χ1v) is 6.98. The second-order valence-electron chi connectivity index (χ2n) is 5.38. The largest absolute Gasteiger partial charge is 0.481 e. The molecule has 1 aliphatic rings. The van der Waals surface area contributed by atoms with Crippen LogP contribution in [0.5, 0.6) is 0 Å². The molecule has 0 aliphatic carbocycles. The molecule has 0 spiro atoms. The highest BCUT2D eigenvalue weighted by molar-refractivity contribution is 5.98. The van der Waals surface area contributed by atoms with Crippen LogP contribution >= 0.6 is 0 Å². The van der Waals surface area contributed by atoms with Gasteiger partial charge >= 0.3 is 12.0 Å². The van der Waals surface area contributed by atoms with E-state index in [0.717, 1.165) is 0 Å². The summed E-state index contributed by atoms with van der Waals surface area (Å²) < 4.78 is 0. The number of carboxylic acid groups (broad SMARTS) is 1. The SMILES string of the molecule is C=CCN(C(=O)N1CC(C(=O)O)c2ccccc21)C(C)C. The summed E-state index contributed by atoms with van der Waals surface area (Å²) in [6.07, 6.45) is 1.68. The van der Waals surface area contributed by atoms with Gasteiger partial charge in [-0.3, -0.25) is 9.69 Å². The molecule has 1 atom stereocenters. The van der Waals surface area contributed by atoms with E-state index in [0.29, 0.717) is 17.8 Å². The number of amides is 2. The highest BCUT2D eigenvalue weighted by Crippen LogP contribution is 2.36. The molecule has 5 heteroatoms. The van der Waals surface area contributed by atoms with Crippen LogP contribution in [0.2, 0.25) is 0 Å². The van der Waals surface area contributed by atoms with Gasteiger partial charge in [0.25, 0.3) is 0 Å². The minimum Gasteiger partial charge on any atom is -0.481 e. The van der Waals surface area contributed by atoms with Crippen LogP contribution in [-0.4, -0.2) is 41.1 Å². The van der Waals surface area contributed by atoms with Gasteiger partial charge in [0.05, 0.1) is 0 Å². The molecule has 2 amide bonds. The Morgan fingerprint density at radius 3 is 2.71 bits per heavy atom. The number of anilines is 1. The molecular formula is C16H20N2O3. The summed E-state index contributed by atoms with van der Waals surface area (Å²) in [5.74, 6) is -1.57. The zero-order valence-electron chi connectivity index (χ0n) is 12.3. The predicted molar refractivity (Wildman–Crippen MR) is 81.6 cm³/mol. The van der Waals surface area contributed by atoms with Crippen molar-refractivity contribution in [2.24, 2.45) is 0 Å². The molecule has 0 fully saturated rings. The van der Waals surface area contributed by atoms with Gasteiger partial charge in [-0.05, 0) is 25.5 Å². The summed E-state index contributed by atoms with van der Waals surface area (Å²) >= 11 is 0. The van der Waals surface area contributed by atoms with Gasteiger partial charge < -0.3 is 10.0 Å². The molecule has 2 rings (SSSR count). The molecule has 1 aromatic carbocycles. The number of carbonyl (C=O) groups is 2. The van der Waals surface area contributed by atoms with Crippen LogP contribution < -0.4 is 4.90 Å². The van der Waals surface area contributed by atoms with Gasteiger partial charge in [0, 0.05) is 24.8 Å². The Labute approximate surface area is 124 Å². The Balaban J connectivity index is 2.35. The maximum Gasteiger partial charge on any atom is 0.325 e. The average Bonchev–Trinajstić information content (AvgIpc) is 2.83. The molecule has 1 heterocycles. The third kappa shape index (κ3) is 2.77. The minimum atomic E-state index is -0.905. The van der Waals surface area contributed by atoms with Crippen LogP contribution in [0.15, 0.2) is 36.9 Å². The van der Waals surface area contributed by atoms with Crippen molar-refractivity contribution in [2.45, 2.75) is 25.8 Å². The van der Waals surface area contributed by atoms with Crippen molar-refractivity contribution in [3.8, 4) is 0 Å². The molecule has 21 heavy (non-hydrogen) atoms. The van der Waals surface area contributed by atoms with E-state index in [9.17, 15) is 14.7 Å². The van der Waals surface area contributed by atoms with E-state index < -0.39 is 11.9 Å². The number of nitrogens with zero attached hydrogens (tertiary/aromatic N) is 2. The molecule has 0 bridgehead atoms. The summed E-state index contributed by atoms with van der Waals surface area (Å²) in [5, 5.41) is 9.34. The lowest BCUT2D eigenvalue weighted by Crippen LogP contribution is -2.46. The molecule has 0 aromatic heterocycles. The van der Waals surface area contributed by atoms with Gasteiger partial charge in [0.2, 0.25) is 0 Å². The van der Waals surface area contributed by atoms with Crippen molar-refractivity contribution in [1.29, 1.82) is 0 Å². The Bertz CT molecular complexity index is 568. The molecule has 0 saturated carbocycles. The maximum atomic E-state index is 12.7. The van der Waals surface area contributed by atoms with Gasteiger partial charge in [-0.1, -0.05) is 24.3 Å². The number of urea groups is 1. The molecule has 0 radical (unpaired) electrons. The second kappa shape index (κ2) is 5.99. The van der Waals surface area contributed by atoms with Gasteiger partial charge in [-0.25, -0.2) is 4.79 Å². The Morgan fingerprint density at radius 2 is 2.14 bits per heavy atom. The topological polar surface area (TPSA) is 60.9 Å². The third-order valence-corrected chi connectivity index (χ3v) is 3.69. The lowest BCUT2D eigenvalue weighted by molar-refractivity contribution is -0.138. The fourth-order valence-electron chi connectivity index (χ4n) is 2.60. The number of hydrogen-bond donors (Lipinski definition) is 1. The summed E-state index contributed by atoms with van der Waals surface area (Å²) in [6.45, 7) is 8.14. The standard InChI is InChI=1S/C16H20N2O3/c1-4-9-17(11(2)3)16(21)18-10-13(15(19)20)12-7-5-6-8-14(12)18/h4-8,11,13H,1,9-10H2,2-3H3,(H,19,20). The van der Waals surface area contributed by atoms with E-state index >= 15 is 0 Å². The Morgan fingerprint density at radius 1 is 1.48 bits per heavy atom. The molecule has 1 N–H and O–H groups in total. The van der Waals surface area contributed by atoms with E-state index in [-0.39, 0.29) is 18.6 Å². The number of hydrogen-bond acceptors (Lipinski definition) is 2. The zero-order chi connectivity index (χ0) is 15.6. The first kappa shape index (κ1) is 15.1. The summed E-state index contributed by atoms with van der Waals surface area (Å²) in [6, 6.07) is 7.02. The fraction of sp³-hybridized carbons (Fsp3) is 0.375. The molecule has 112 valence electrons. The Hall–Kier alpha value is -2.30. The average molecular weight is 288 g/mol. The molecule has 5 nitrogen and oxygen atoms in total. The lowest BCUT2D eigenvalue weighted by Gasteiger charge is -2.30. The summed E-state index contributed by atoms with van der Waals surface area (Å²) in [7, 11) is 0. The highest BCUT2D eigenvalue weighted by atomic mass is 16.4. The van der Waals surface area contributed by atoms with Crippen molar-refractivity contribution in [1.82, 2.24) is 4.90 Å². The minimum absolute atomic E-state index is 0.0199. The fourth-order valence-corrected chi connectivity index (χ4v) is 2.60. The summed E-state index contributed by atoms with van der Waals surface area (Å²) in [4.78, 5) is 27.3. The van der Waals surface area contributed by atoms with Crippen LogP contribution in [0.1, 0.15) is 25.3 Å². The molecule has 1 aromatic rings. The lowest BCUT2D eigenvalue weighted by atomic mass is 10.0. The van der Waals surface area contributed by atoms with Crippen LogP contribution in [0, 0.1) is 0 Å². The van der Waals surface area contributed by atoms with Crippen molar-refractivity contribution < 1.29 is 14.7 Å². The van der Waals surface area contributed by atoms with Crippen molar-refractivity contribution in [3.05, 3.63) is 42.5 Å². The van der Waals surface area contributed by atoms with Gasteiger partial charge in [-0.15, -0.1) is 6.58 Å². The van der Waals surface area contributed by atoms with Crippen molar-refractivity contribution in [2.75, 3.05) is 18.0 Å². The van der Waals surface area contributed by atoms with E-state index in [1.807, 2.05) is 19.9 Å². The van der Waals surface area contributed by atoms with Crippen LogP contribution in [0.4, 0.5) is 10.5 Å². The number of fused-ring (bicyclic) bond motifs is 1. The molecule has 1 unspecified atom stereocenters. The Kier molecular flexibility index (Phi) is 4.31.